The van der Waals surface area contributed by atoms with Gasteiger partial charge in [0.2, 0.25) is 6.41 Å². The van der Waals surface area contributed by atoms with Gasteiger partial charge in [-0.15, -0.1) is 0 Å². The van der Waals surface area contributed by atoms with Crippen molar-refractivity contribution < 1.29 is 4.79 Å². The van der Waals surface area contributed by atoms with Crippen molar-refractivity contribution in [2.75, 3.05) is 5.32 Å². The Morgan fingerprint density at radius 2 is 1.51 bits per heavy atom. The Bertz CT molecular complexity index is 1430. The minimum Gasteiger partial charge on any atom is -0.370 e. The molecule has 3 aromatic rings. The molecule has 39 heavy (non-hydrogen) atoms. The number of rotatable bonds is 7. The molecule has 5 heteroatoms. The van der Waals surface area contributed by atoms with Gasteiger partial charge >= 0.3 is 0 Å². The van der Waals surface area contributed by atoms with E-state index in [1.807, 2.05) is 13.8 Å². The zero-order valence-electron chi connectivity index (χ0n) is 23.6. The van der Waals surface area contributed by atoms with Gasteiger partial charge in [-0.1, -0.05) is 55.3 Å². The van der Waals surface area contributed by atoms with Crippen LogP contribution in [-0.4, -0.2) is 18.2 Å². The maximum Gasteiger partial charge on any atom is 0.208 e. The number of hydrogen-bond donors (Lipinski definition) is 4. The summed E-state index contributed by atoms with van der Waals surface area (Å²) >= 11 is 0. The van der Waals surface area contributed by atoms with Gasteiger partial charge in [-0.25, -0.2) is 0 Å². The predicted octanol–water partition coefficient (Wildman–Crippen LogP) is 6.72. The molecule has 4 N–H and O–H groups in total. The topological polar surface area (TPSA) is 65.2 Å². The predicted molar refractivity (Wildman–Crippen MR) is 161 cm³/mol. The summed E-state index contributed by atoms with van der Waals surface area (Å²) in [5.41, 5.74) is 12.9. The fourth-order valence-corrected chi connectivity index (χ4v) is 6.94. The summed E-state index contributed by atoms with van der Waals surface area (Å²) in [6, 6.07) is 20.4. The number of hydrogen-bond acceptors (Lipinski definition) is 4. The van der Waals surface area contributed by atoms with Crippen molar-refractivity contribution in [3.8, 4) is 22.3 Å². The average molecular weight is 521 g/mol. The standard InChI is InChI=1S/C34H40N4O/c1-22-17-26(11-14-31(22)38-33(3,4)36-21-39)28-13-12-27(29-18-34(19-30(28)29)15-5-6-16-34)24-7-9-25(10-8-24)32-20-35-23(2)37-32/h7-14,17,20-21,23,35,37-38H,5-6,15-16,18-19H2,1-4H3,(H,36,39)/t23-/m1/s1. The van der Waals surface area contributed by atoms with E-state index in [2.05, 4.69) is 95.9 Å². The summed E-state index contributed by atoms with van der Waals surface area (Å²) < 4.78 is 0. The molecule has 6 rings (SSSR count). The molecule has 3 aromatic carbocycles. The zero-order chi connectivity index (χ0) is 27.2. The summed E-state index contributed by atoms with van der Waals surface area (Å²) in [4.78, 5) is 11.0. The number of anilines is 1. The normalized spacial score (nSPS) is 19.3. The molecule has 1 amide bonds. The van der Waals surface area contributed by atoms with Gasteiger partial charge in [-0.2, -0.15) is 0 Å². The first kappa shape index (κ1) is 25.5. The molecule has 202 valence electrons. The molecule has 1 atom stereocenters. The highest BCUT2D eigenvalue weighted by Crippen LogP contribution is 2.53. The van der Waals surface area contributed by atoms with Crippen LogP contribution in [0.4, 0.5) is 5.69 Å². The lowest BCUT2D eigenvalue weighted by atomic mass is 9.82. The van der Waals surface area contributed by atoms with Gasteiger partial charge in [0.25, 0.3) is 0 Å². The Labute approximate surface area is 232 Å². The molecule has 0 saturated heterocycles. The lowest BCUT2D eigenvalue weighted by Crippen LogP contribution is -2.45. The van der Waals surface area contributed by atoms with Crippen LogP contribution in [-0.2, 0) is 17.6 Å². The summed E-state index contributed by atoms with van der Waals surface area (Å²) in [6.45, 7) is 8.19. The maximum absolute atomic E-state index is 11.0. The lowest BCUT2D eigenvalue weighted by Gasteiger charge is -2.28. The second-order valence-electron chi connectivity index (χ2n) is 12.4. The molecule has 1 spiro atoms. The molecule has 1 heterocycles. The van der Waals surface area contributed by atoms with Crippen molar-refractivity contribution in [3.63, 3.8) is 0 Å². The second-order valence-corrected chi connectivity index (χ2v) is 12.4. The van der Waals surface area contributed by atoms with E-state index in [-0.39, 0.29) is 6.17 Å². The first-order valence-corrected chi connectivity index (χ1v) is 14.3. The van der Waals surface area contributed by atoms with E-state index < -0.39 is 5.66 Å². The molecule has 0 bridgehead atoms. The van der Waals surface area contributed by atoms with Crippen molar-refractivity contribution in [2.45, 2.75) is 78.0 Å². The van der Waals surface area contributed by atoms with Crippen LogP contribution in [0.1, 0.15) is 68.7 Å². The lowest BCUT2D eigenvalue weighted by molar-refractivity contribution is -0.110. The van der Waals surface area contributed by atoms with Crippen LogP contribution in [0.3, 0.4) is 0 Å². The van der Waals surface area contributed by atoms with E-state index >= 15 is 0 Å². The monoisotopic (exact) mass is 520 g/mol. The van der Waals surface area contributed by atoms with Gasteiger partial charge in [-0.05, 0) is 115 Å². The minimum atomic E-state index is -0.513. The van der Waals surface area contributed by atoms with Crippen LogP contribution in [0.25, 0.3) is 28.0 Å². The van der Waals surface area contributed by atoms with E-state index in [9.17, 15) is 4.79 Å². The molecule has 5 nitrogen and oxygen atoms in total. The largest absolute Gasteiger partial charge is 0.370 e. The van der Waals surface area contributed by atoms with Crippen LogP contribution in [0.5, 0.6) is 0 Å². The number of amides is 1. The van der Waals surface area contributed by atoms with Crippen molar-refractivity contribution in [2.24, 2.45) is 5.41 Å². The Morgan fingerprint density at radius 1 is 0.897 bits per heavy atom. The summed E-state index contributed by atoms with van der Waals surface area (Å²) in [5, 5.41) is 13.1. The number of nitrogens with one attached hydrogen (secondary N) is 4. The summed E-state index contributed by atoms with van der Waals surface area (Å²) in [5.74, 6) is 0. The molecule has 0 aromatic heterocycles. The van der Waals surface area contributed by atoms with Crippen molar-refractivity contribution in [1.29, 1.82) is 0 Å². The number of fused-ring (bicyclic) bond motifs is 1. The Hall–Kier alpha value is -3.73. The van der Waals surface area contributed by atoms with Crippen molar-refractivity contribution in [1.82, 2.24) is 16.0 Å². The van der Waals surface area contributed by atoms with Gasteiger partial charge in [0, 0.05) is 11.9 Å². The highest BCUT2D eigenvalue weighted by atomic mass is 16.1. The first-order valence-electron chi connectivity index (χ1n) is 14.3. The summed E-state index contributed by atoms with van der Waals surface area (Å²) in [7, 11) is 0. The van der Waals surface area contributed by atoms with Gasteiger partial charge in [0.1, 0.15) is 5.66 Å². The van der Waals surface area contributed by atoms with Crippen molar-refractivity contribution >= 4 is 17.8 Å². The minimum absolute atomic E-state index is 0.270. The molecule has 0 radical (unpaired) electrons. The fraction of sp³-hybridized carbons (Fsp3) is 0.382. The molecule has 3 aliphatic rings. The van der Waals surface area contributed by atoms with Gasteiger partial charge < -0.3 is 21.3 Å². The number of benzene rings is 3. The van der Waals surface area contributed by atoms with E-state index in [0.717, 1.165) is 17.8 Å². The summed E-state index contributed by atoms with van der Waals surface area (Å²) in [6.07, 6.45) is 10.8. The van der Waals surface area contributed by atoms with E-state index in [0.29, 0.717) is 5.41 Å². The molecular formula is C34H40N4O. The van der Waals surface area contributed by atoms with Crippen LogP contribution in [0.15, 0.2) is 60.8 Å². The molecule has 1 saturated carbocycles. The SMILES string of the molecule is Cc1cc(-c2ccc(-c3ccc(C4=CN[C@@H](C)N4)cc3)c3c2CC2(CCCC2)C3)ccc1NC(C)(C)NC=O. The maximum atomic E-state index is 11.0. The molecular weight excluding hydrogens is 480 g/mol. The van der Waals surface area contributed by atoms with Crippen LogP contribution < -0.4 is 21.3 Å². The van der Waals surface area contributed by atoms with Crippen molar-refractivity contribution in [3.05, 3.63) is 83.1 Å². The number of carbonyl (C=O) groups is 1. The van der Waals surface area contributed by atoms with Crippen LogP contribution in [0.2, 0.25) is 0 Å². The third kappa shape index (κ3) is 4.91. The van der Waals surface area contributed by atoms with Gasteiger partial charge in [-0.3, -0.25) is 4.79 Å². The number of carbonyl (C=O) groups excluding carboxylic acids is 1. The first-order chi connectivity index (χ1) is 18.8. The van der Waals surface area contributed by atoms with E-state index in [4.69, 9.17) is 0 Å². The molecule has 2 aliphatic carbocycles. The fourth-order valence-electron chi connectivity index (χ4n) is 6.94. The molecule has 0 unspecified atom stereocenters. The molecule has 1 aliphatic heterocycles. The zero-order valence-corrected chi connectivity index (χ0v) is 23.6. The van der Waals surface area contributed by atoms with Gasteiger partial charge in [0.15, 0.2) is 0 Å². The highest BCUT2D eigenvalue weighted by Gasteiger charge is 2.41. The van der Waals surface area contributed by atoms with Gasteiger partial charge in [0.05, 0.1) is 11.9 Å². The average Bonchev–Trinajstić information content (AvgIpc) is 3.65. The van der Waals surface area contributed by atoms with E-state index in [1.165, 1.54) is 71.9 Å². The quantitative estimate of drug-likeness (QED) is 0.206. The second kappa shape index (κ2) is 9.78. The third-order valence-electron chi connectivity index (χ3n) is 8.96. The number of aryl methyl sites for hydroxylation is 1. The van der Waals surface area contributed by atoms with Crippen LogP contribution >= 0.6 is 0 Å². The Kier molecular flexibility index (Phi) is 6.41. The highest BCUT2D eigenvalue weighted by molar-refractivity contribution is 5.81. The Balaban J connectivity index is 1.36. The third-order valence-corrected chi connectivity index (χ3v) is 8.96. The smallest absolute Gasteiger partial charge is 0.208 e. The molecule has 1 fully saturated rings. The van der Waals surface area contributed by atoms with E-state index in [1.54, 1.807) is 11.1 Å². The van der Waals surface area contributed by atoms with Crippen LogP contribution in [0, 0.1) is 12.3 Å². The Morgan fingerprint density at radius 3 is 2.10 bits per heavy atom.